The van der Waals surface area contributed by atoms with Crippen molar-refractivity contribution in [1.82, 2.24) is 0 Å². The predicted octanol–water partition coefficient (Wildman–Crippen LogP) is 3.64. The molecule has 0 aliphatic rings. The van der Waals surface area contributed by atoms with Gasteiger partial charge < -0.3 is 14.5 Å². The monoisotopic (exact) mass is 307 g/mol. The largest absolute Gasteiger partial charge is 0.462 e. The zero-order valence-electron chi connectivity index (χ0n) is 12.2. The summed E-state index contributed by atoms with van der Waals surface area (Å²) in [5.41, 5.74) is 0.780. The normalized spacial score (nSPS) is 10.4. The first-order chi connectivity index (χ1) is 10.0. The predicted molar refractivity (Wildman–Crippen MR) is 81.1 cm³/mol. The van der Waals surface area contributed by atoms with Crippen LogP contribution in [0.1, 0.15) is 45.4 Å². The first kappa shape index (κ1) is 15.3. The van der Waals surface area contributed by atoms with Gasteiger partial charge in [0.1, 0.15) is 10.6 Å². The summed E-state index contributed by atoms with van der Waals surface area (Å²) in [6, 6.07) is 5.16. The lowest BCUT2D eigenvalue weighted by Gasteiger charge is -1.99. The first-order valence-electron chi connectivity index (χ1n) is 6.72. The Kier molecular flexibility index (Phi) is 4.80. The summed E-state index contributed by atoms with van der Waals surface area (Å²) in [6.07, 6.45) is 0.735. The van der Waals surface area contributed by atoms with Crippen LogP contribution >= 0.6 is 11.3 Å². The van der Waals surface area contributed by atoms with Crippen molar-refractivity contribution in [2.24, 2.45) is 0 Å². The molecule has 0 saturated carbocycles. The van der Waals surface area contributed by atoms with Crippen LogP contribution in [0.25, 0.3) is 0 Å². The van der Waals surface area contributed by atoms with E-state index in [1.165, 1.54) is 11.3 Å². The lowest BCUT2D eigenvalue weighted by molar-refractivity contribution is 0.0531. The highest BCUT2D eigenvalue weighted by atomic mass is 32.1. The van der Waals surface area contributed by atoms with Crippen molar-refractivity contribution in [2.45, 2.75) is 27.2 Å². The van der Waals surface area contributed by atoms with Gasteiger partial charge in [-0.05, 0) is 37.6 Å². The van der Waals surface area contributed by atoms with Crippen LogP contribution in [0, 0.1) is 6.92 Å². The number of thiophene rings is 1. The van der Waals surface area contributed by atoms with Crippen LogP contribution < -0.4 is 5.32 Å². The van der Waals surface area contributed by atoms with Crippen molar-refractivity contribution in [3.05, 3.63) is 40.2 Å². The number of hydrogen-bond donors (Lipinski definition) is 1. The molecule has 0 saturated heterocycles. The summed E-state index contributed by atoms with van der Waals surface area (Å²) in [6.45, 7) is 5.84. The van der Waals surface area contributed by atoms with Gasteiger partial charge in [-0.15, -0.1) is 11.3 Å². The Balaban J connectivity index is 2.11. The van der Waals surface area contributed by atoms with Gasteiger partial charge in [-0.3, -0.25) is 4.79 Å². The maximum atomic E-state index is 12.0. The van der Waals surface area contributed by atoms with Crippen LogP contribution in [0.3, 0.4) is 0 Å². The standard InChI is InChI=1S/C15H17NO4S/c1-4-10-6-7-11(20-10)14(17)16-12-8-9(3)13(21-12)15(18)19-5-2/h6-8H,4-5H2,1-3H3,(H,16,17). The molecule has 2 heterocycles. The molecule has 1 N–H and O–H groups in total. The lowest BCUT2D eigenvalue weighted by Crippen LogP contribution is -2.09. The van der Waals surface area contributed by atoms with E-state index in [2.05, 4.69) is 5.32 Å². The second-order valence-electron chi connectivity index (χ2n) is 4.42. The van der Waals surface area contributed by atoms with Crippen molar-refractivity contribution in [3.63, 3.8) is 0 Å². The lowest BCUT2D eigenvalue weighted by atomic mass is 10.3. The third-order valence-electron chi connectivity index (χ3n) is 2.85. The fourth-order valence-electron chi connectivity index (χ4n) is 1.81. The molecular weight excluding hydrogens is 290 g/mol. The zero-order chi connectivity index (χ0) is 15.4. The number of carbonyl (C=O) groups is 2. The van der Waals surface area contributed by atoms with Gasteiger partial charge in [0.25, 0.3) is 5.91 Å². The van der Waals surface area contributed by atoms with E-state index in [-0.39, 0.29) is 17.6 Å². The summed E-state index contributed by atoms with van der Waals surface area (Å²) in [7, 11) is 0. The fraction of sp³-hybridized carbons (Fsp3) is 0.333. The maximum Gasteiger partial charge on any atom is 0.348 e. The van der Waals surface area contributed by atoms with Crippen molar-refractivity contribution in [2.75, 3.05) is 11.9 Å². The van der Waals surface area contributed by atoms with Gasteiger partial charge in [-0.1, -0.05) is 6.92 Å². The van der Waals surface area contributed by atoms with E-state index in [9.17, 15) is 9.59 Å². The average molecular weight is 307 g/mol. The molecule has 2 rings (SSSR count). The molecule has 0 spiro atoms. The fourth-order valence-corrected chi connectivity index (χ4v) is 2.77. The zero-order valence-corrected chi connectivity index (χ0v) is 13.0. The summed E-state index contributed by atoms with van der Waals surface area (Å²) < 4.78 is 10.4. The highest BCUT2D eigenvalue weighted by Gasteiger charge is 2.17. The molecule has 0 atom stereocenters. The maximum absolute atomic E-state index is 12.0. The molecular formula is C15H17NO4S. The number of furan rings is 1. The van der Waals surface area contributed by atoms with Crippen LogP contribution in [-0.2, 0) is 11.2 Å². The van der Waals surface area contributed by atoms with Gasteiger partial charge in [0.05, 0.1) is 11.6 Å². The second-order valence-corrected chi connectivity index (χ2v) is 5.47. The Morgan fingerprint density at radius 3 is 2.71 bits per heavy atom. The topological polar surface area (TPSA) is 68.5 Å². The second kappa shape index (κ2) is 6.58. The van der Waals surface area contributed by atoms with Crippen LogP contribution in [-0.4, -0.2) is 18.5 Å². The number of nitrogens with one attached hydrogen (secondary N) is 1. The molecule has 0 aromatic carbocycles. The van der Waals surface area contributed by atoms with Crippen molar-refractivity contribution < 1.29 is 18.7 Å². The van der Waals surface area contributed by atoms with E-state index in [1.807, 2.05) is 6.92 Å². The number of ether oxygens (including phenoxy) is 1. The quantitative estimate of drug-likeness (QED) is 0.856. The minimum absolute atomic E-state index is 0.260. The number of amides is 1. The number of aryl methyl sites for hydroxylation is 2. The molecule has 112 valence electrons. The molecule has 2 aromatic heterocycles. The minimum atomic E-state index is -0.369. The van der Waals surface area contributed by atoms with Gasteiger partial charge in [-0.2, -0.15) is 0 Å². The number of rotatable bonds is 5. The molecule has 0 unspecified atom stereocenters. The van der Waals surface area contributed by atoms with Gasteiger partial charge in [0, 0.05) is 6.42 Å². The molecule has 0 radical (unpaired) electrons. The Morgan fingerprint density at radius 2 is 2.10 bits per heavy atom. The van der Waals surface area contributed by atoms with E-state index < -0.39 is 0 Å². The third-order valence-corrected chi connectivity index (χ3v) is 3.98. The SMILES string of the molecule is CCOC(=O)c1sc(NC(=O)c2ccc(CC)o2)cc1C. The highest BCUT2D eigenvalue weighted by Crippen LogP contribution is 2.28. The first-order valence-corrected chi connectivity index (χ1v) is 7.54. The van der Waals surface area contributed by atoms with Crippen LogP contribution in [0.15, 0.2) is 22.6 Å². The molecule has 21 heavy (non-hydrogen) atoms. The van der Waals surface area contributed by atoms with E-state index in [4.69, 9.17) is 9.15 Å². The van der Waals surface area contributed by atoms with E-state index >= 15 is 0 Å². The number of hydrogen-bond acceptors (Lipinski definition) is 5. The molecule has 0 aliphatic heterocycles. The molecule has 0 bridgehead atoms. The van der Waals surface area contributed by atoms with E-state index in [0.717, 1.165) is 17.7 Å². The van der Waals surface area contributed by atoms with Crippen molar-refractivity contribution >= 4 is 28.2 Å². The van der Waals surface area contributed by atoms with Crippen LogP contribution in [0.2, 0.25) is 0 Å². The number of anilines is 1. The molecule has 5 nitrogen and oxygen atoms in total. The Morgan fingerprint density at radius 1 is 1.33 bits per heavy atom. The Labute approximate surface area is 126 Å². The summed E-state index contributed by atoms with van der Waals surface area (Å²) in [4.78, 5) is 24.3. The van der Waals surface area contributed by atoms with Crippen LogP contribution in [0.4, 0.5) is 5.00 Å². The van der Waals surface area contributed by atoms with E-state index in [0.29, 0.717) is 16.5 Å². The summed E-state index contributed by atoms with van der Waals surface area (Å²) >= 11 is 1.19. The van der Waals surface area contributed by atoms with Gasteiger partial charge in [0.15, 0.2) is 5.76 Å². The highest BCUT2D eigenvalue weighted by molar-refractivity contribution is 7.18. The van der Waals surface area contributed by atoms with Gasteiger partial charge in [0.2, 0.25) is 0 Å². The smallest absolute Gasteiger partial charge is 0.348 e. The Bertz CT molecular complexity index is 656. The van der Waals surface area contributed by atoms with Crippen molar-refractivity contribution in [1.29, 1.82) is 0 Å². The Hall–Kier alpha value is -2.08. The van der Waals surface area contributed by atoms with Crippen molar-refractivity contribution in [3.8, 4) is 0 Å². The molecule has 0 fully saturated rings. The minimum Gasteiger partial charge on any atom is -0.462 e. The number of esters is 1. The molecule has 6 heteroatoms. The average Bonchev–Trinajstić information content (AvgIpc) is 3.05. The molecule has 0 aliphatic carbocycles. The van der Waals surface area contributed by atoms with Gasteiger partial charge in [-0.25, -0.2) is 4.79 Å². The van der Waals surface area contributed by atoms with E-state index in [1.54, 1.807) is 32.0 Å². The molecule has 1 amide bonds. The summed E-state index contributed by atoms with van der Waals surface area (Å²) in [5.74, 6) is 0.323. The third kappa shape index (κ3) is 3.52. The summed E-state index contributed by atoms with van der Waals surface area (Å²) in [5, 5.41) is 3.32. The van der Waals surface area contributed by atoms with Gasteiger partial charge >= 0.3 is 5.97 Å². The molecule has 2 aromatic rings. The number of carbonyl (C=O) groups excluding carboxylic acids is 2. The van der Waals surface area contributed by atoms with Crippen LogP contribution in [0.5, 0.6) is 0 Å².